The van der Waals surface area contributed by atoms with Gasteiger partial charge in [-0.1, -0.05) is 25.7 Å². The van der Waals surface area contributed by atoms with Crippen LogP contribution in [-0.2, 0) is 0 Å². The van der Waals surface area contributed by atoms with Gasteiger partial charge in [-0.2, -0.15) is 13.2 Å². The topological polar surface area (TPSA) is 26.7 Å². The second-order valence-corrected chi connectivity index (χ2v) is 6.59. The molecular weight excluding hydrogens is 281 g/mol. The molecule has 2 fully saturated rings. The van der Waals surface area contributed by atoms with E-state index in [1.165, 1.54) is 37.5 Å². The number of β-amino-alcohol motifs (C(OH)–C–C–N with tert-alkyl or cyclic N) is 1. The lowest BCUT2D eigenvalue weighted by Crippen LogP contribution is -2.54. The van der Waals surface area contributed by atoms with Crippen molar-refractivity contribution < 1.29 is 18.3 Å². The van der Waals surface area contributed by atoms with Crippen LogP contribution in [0.1, 0.15) is 39.0 Å². The lowest BCUT2D eigenvalue weighted by atomic mass is 9.99. The minimum atomic E-state index is -4.15. The van der Waals surface area contributed by atoms with Gasteiger partial charge in [0.15, 0.2) is 0 Å². The van der Waals surface area contributed by atoms with Crippen molar-refractivity contribution in [3.8, 4) is 0 Å². The summed E-state index contributed by atoms with van der Waals surface area (Å²) < 4.78 is 38.0. The van der Waals surface area contributed by atoms with Crippen LogP contribution < -0.4 is 0 Å². The fraction of sp³-hybridized carbons (Fsp3) is 1.00. The fourth-order valence-corrected chi connectivity index (χ4v) is 3.54. The smallest absolute Gasteiger partial charge is 0.392 e. The molecule has 1 saturated heterocycles. The van der Waals surface area contributed by atoms with Crippen LogP contribution in [-0.4, -0.2) is 66.0 Å². The molecule has 6 heteroatoms. The Morgan fingerprint density at radius 2 is 1.67 bits per heavy atom. The molecule has 1 heterocycles. The SMILES string of the molecule is CC(N1CCN(CC(O)CC2CCCC2)CC1)C(F)(F)F. The Hall–Kier alpha value is -0.330. The zero-order chi connectivity index (χ0) is 15.5. The summed E-state index contributed by atoms with van der Waals surface area (Å²) in [7, 11) is 0. The minimum absolute atomic E-state index is 0.334. The Kier molecular flexibility index (Phi) is 5.91. The molecule has 0 aromatic heterocycles. The number of hydrogen-bond acceptors (Lipinski definition) is 3. The van der Waals surface area contributed by atoms with Crippen LogP contribution in [0.15, 0.2) is 0 Å². The molecule has 0 amide bonds. The van der Waals surface area contributed by atoms with Gasteiger partial charge in [0.25, 0.3) is 0 Å². The summed E-state index contributed by atoms with van der Waals surface area (Å²) in [5, 5.41) is 10.1. The van der Waals surface area contributed by atoms with E-state index >= 15 is 0 Å². The average molecular weight is 308 g/mol. The number of nitrogens with zero attached hydrogens (tertiary/aromatic N) is 2. The third-order valence-corrected chi connectivity index (χ3v) is 4.98. The van der Waals surface area contributed by atoms with Gasteiger partial charge in [-0.25, -0.2) is 0 Å². The summed E-state index contributed by atoms with van der Waals surface area (Å²) in [5.74, 6) is 0.645. The van der Waals surface area contributed by atoms with E-state index < -0.39 is 12.2 Å². The first-order valence-electron chi connectivity index (χ1n) is 8.07. The molecule has 2 atom stereocenters. The number of halogens is 3. The van der Waals surface area contributed by atoms with Crippen molar-refractivity contribution in [1.82, 2.24) is 9.80 Å². The zero-order valence-corrected chi connectivity index (χ0v) is 12.8. The Bertz CT molecular complexity index is 311. The maximum absolute atomic E-state index is 12.7. The normalized spacial score (nSPS) is 26.1. The molecule has 1 aliphatic heterocycles. The molecule has 1 N–H and O–H groups in total. The van der Waals surface area contributed by atoms with Gasteiger partial charge in [-0.05, 0) is 19.3 Å². The molecule has 0 bridgehead atoms. The van der Waals surface area contributed by atoms with E-state index in [9.17, 15) is 18.3 Å². The third kappa shape index (κ3) is 5.11. The van der Waals surface area contributed by atoms with Crippen molar-refractivity contribution in [3.05, 3.63) is 0 Å². The number of rotatable bonds is 5. The van der Waals surface area contributed by atoms with Crippen LogP contribution in [0.5, 0.6) is 0 Å². The zero-order valence-electron chi connectivity index (χ0n) is 12.8. The summed E-state index contributed by atoms with van der Waals surface area (Å²) >= 11 is 0. The van der Waals surface area contributed by atoms with Gasteiger partial charge in [-0.15, -0.1) is 0 Å². The van der Waals surface area contributed by atoms with Crippen molar-refractivity contribution in [1.29, 1.82) is 0 Å². The van der Waals surface area contributed by atoms with E-state index in [-0.39, 0.29) is 6.10 Å². The largest absolute Gasteiger partial charge is 0.403 e. The van der Waals surface area contributed by atoms with Gasteiger partial charge in [-0.3, -0.25) is 9.80 Å². The Morgan fingerprint density at radius 3 is 2.19 bits per heavy atom. The van der Waals surface area contributed by atoms with Crippen LogP contribution in [0.3, 0.4) is 0 Å². The van der Waals surface area contributed by atoms with Crippen LogP contribution in [0.25, 0.3) is 0 Å². The van der Waals surface area contributed by atoms with Gasteiger partial charge in [0.1, 0.15) is 6.04 Å². The molecule has 0 aromatic carbocycles. The summed E-state index contributed by atoms with van der Waals surface area (Å²) in [6, 6.07) is -1.37. The number of aliphatic hydroxyl groups is 1. The Balaban J connectivity index is 1.68. The van der Waals surface area contributed by atoms with Crippen LogP contribution in [0, 0.1) is 5.92 Å². The molecule has 0 aromatic rings. The highest BCUT2D eigenvalue weighted by Gasteiger charge is 2.40. The monoisotopic (exact) mass is 308 g/mol. The maximum Gasteiger partial charge on any atom is 0.403 e. The molecule has 0 spiro atoms. The van der Waals surface area contributed by atoms with E-state index in [4.69, 9.17) is 0 Å². The first kappa shape index (κ1) is 17.0. The van der Waals surface area contributed by atoms with Crippen molar-refractivity contribution in [2.45, 2.75) is 57.3 Å². The predicted octanol–water partition coefficient (Wildman–Crippen LogP) is 2.50. The summed E-state index contributed by atoms with van der Waals surface area (Å²) in [5.41, 5.74) is 0. The van der Waals surface area contributed by atoms with E-state index in [1.54, 1.807) is 0 Å². The maximum atomic E-state index is 12.7. The summed E-state index contributed by atoms with van der Waals surface area (Å²) in [4.78, 5) is 3.58. The quantitative estimate of drug-likeness (QED) is 0.845. The number of aliphatic hydroxyl groups excluding tert-OH is 1. The van der Waals surface area contributed by atoms with Crippen LogP contribution in [0.4, 0.5) is 13.2 Å². The molecule has 3 nitrogen and oxygen atoms in total. The first-order chi connectivity index (χ1) is 9.86. The lowest BCUT2D eigenvalue weighted by Gasteiger charge is -2.39. The Labute approximate surface area is 125 Å². The molecule has 124 valence electrons. The van der Waals surface area contributed by atoms with Gasteiger partial charge in [0.2, 0.25) is 0 Å². The van der Waals surface area contributed by atoms with Gasteiger partial charge < -0.3 is 5.11 Å². The molecule has 2 rings (SSSR count). The molecule has 2 aliphatic rings. The molecule has 21 heavy (non-hydrogen) atoms. The molecule has 2 unspecified atom stereocenters. The standard InChI is InChI=1S/C15H27F3N2O/c1-12(15(16,17)18)20-8-6-19(7-9-20)11-14(21)10-13-4-2-3-5-13/h12-14,21H,2-11H2,1H3. The average Bonchev–Trinajstić information content (AvgIpc) is 2.90. The minimum Gasteiger partial charge on any atom is -0.392 e. The number of alkyl halides is 3. The first-order valence-corrected chi connectivity index (χ1v) is 8.07. The molecule has 0 radical (unpaired) electrons. The van der Waals surface area contributed by atoms with Gasteiger partial charge in [0.05, 0.1) is 6.10 Å². The van der Waals surface area contributed by atoms with Gasteiger partial charge in [0, 0.05) is 32.7 Å². The molecular formula is C15H27F3N2O. The summed E-state index contributed by atoms with van der Waals surface area (Å²) in [6.45, 7) is 3.91. The van der Waals surface area contributed by atoms with E-state index in [0.29, 0.717) is 38.6 Å². The van der Waals surface area contributed by atoms with Crippen molar-refractivity contribution in [3.63, 3.8) is 0 Å². The fourth-order valence-electron chi connectivity index (χ4n) is 3.54. The number of piperazine rings is 1. The van der Waals surface area contributed by atoms with E-state index in [0.717, 1.165) is 6.42 Å². The van der Waals surface area contributed by atoms with Crippen molar-refractivity contribution >= 4 is 0 Å². The Morgan fingerprint density at radius 1 is 1.10 bits per heavy atom. The van der Waals surface area contributed by atoms with Crippen molar-refractivity contribution in [2.75, 3.05) is 32.7 Å². The second kappa shape index (κ2) is 7.29. The van der Waals surface area contributed by atoms with Crippen LogP contribution in [0.2, 0.25) is 0 Å². The molecule has 1 aliphatic carbocycles. The third-order valence-electron chi connectivity index (χ3n) is 4.98. The van der Waals surface area contributed by atoms with E-state index in [2.05, 4.69) is 4.90 Å². The highest BCUT2D eigenvalue weighted by molar-refractivity contribution is 4.82. The number of hydrogen-bond donors (Lipinski definition) is 1. The van der Waals surface area contributed by atoms with Crippen LogP contribution >= 0.6 is 0 Å². The van der Waals surface area contributed by atoms with E-state index in [1.807, 2.05) is 0 Å². The predicted molar refractivity (Wildman–Crippen MR) is 76.1 cm³/mol. The van der Waals surface area contributed by atoms with Gasteiger partial charge >= 0.3 is 6.18 Å². The summed E-state index contributed by atoms with van der Waals surface area (Å²) in [6.07, 6.45) is 1.34. The highest BCUT2D eigenvalue weighted by atomic mass is 19.4. The van der Waals surface area contributed by atoms with Crippen molar-refractivity contribution in [2.24, 2.45) is 5.92 Å². The highest BCUT2D eigenvalue weighted by Crippen LogP contribution is 2.29. The second-order valence-electron chi connectivity index (χ2n) is 6.59. The molecule has 1 saturated carbocycles. The lowest BCUT2D eigenvalue weighted by molar-refractivity contribution is -0.182.